The average molecular weight is 340 g/mol. The van der Waals surface area contributed by atoms with Gasteiger partial charge in [0, 0.05) is 44.5 Å². The highest BCUT2D eigenvalue weighted by Gasteiger charge is 2.30. The Balaban J connectivity index is 1.70. The molecule has 132 valence electrons. The van der Waals surface area contributed by atoms with E-state index in [0.29, 0.717) is 26.1 Å². The van der Waals surface area contributed by atoms with E-state index in [1.807, 2.05) is 35.2 Å². The summed E-state index contributed by atoms with van der Waals surface area (Å²) < 4.78 is 1.62. The standard InChI is InChI=1S/C19H24N4O2/c1-2-17-14-21(19(25)15-22-11-6-10-20-22)12-9-18(24)23(17)13-16-7-4-3-5-8-16/h3-8,10-11,17H,2,9,12-15H2,1H3/t17-/m0/s1. The van der Waals surface area contributed by atoms with Crippen molar-refractivity contribution in [2.24, 2.45) is 0 Å². The molecule has 3 rings (SSSR count). The second kappa shape index (κ2) is 7.96. The van der Waals surface area contributed by atoms with E-state index in [0.717, 1.165) is 12.0 Å². The first-order chi connectivity index (χ1) is 12.2. The maximum Gasteiger partial charge on any atom is 0.244 e. The average Bonchev–Trinajstić information content (AvgIpc) is 3.08. The van der Waals surface area contributed by atoms with Gasteiger partial charge < -0.3 is 9.80 Å². The fraction of sp³-hybridized carbons (Fsp3) is 0.421. The van der Waals surface area contributed by atoms with Crippen molar-refractivity contribution in [1.82, 2.24) is 19.6 Å². The molecule has 2 amide bonds. The Kier molecular flexibility index (Phi) is 5.48. The predicted octanol–water partition coefficient (Wildman–Crippen LogP) is 1.92. The highest BCUT2D eigenvalue weighted by atomic mass is 16.2. The zero-order valence-electron chi connectivity index (χ0n) is 14.5. The maximum absolute atomic E-state index is 12.6. The van der Waals surface area contributed by atoms with Crippen LogP contribution in [0.1, 0.15) is 25.3 Å². The molecule has 0 aliphatic carbocycles. The minimum atomic E-state index is 0.0107. The van der Waals surface area contributed by atoms with Gasteiger partial charge in [-0.15, -0.1) is 0 Å². The number of aromatic nitrogens is 2. The summed E-state index contributed by atoms with van der Waals surface area (Å²) in [5.74, 6) is 0.126. The van der Waals surface area contributed by atoms with Crippen LogP contribution in [-0.4, -0.2) is 50.5 Å². The Hall–Kier alpha value is -2.63. The third-order valence-corrected chi connectivity index (χ3v) is 4.66. The fourth-order valence-corrected chi connectivity index (χ4v) is 3.23. The fourth-order valence-electron chi connectivity index (χ4n) is 3.23. The largest absolute Gasteiger partial charge is 0.339 e. The van der Waals surface area contributed by atoms with Gasteiger partial charge in [-0.2, -0.15) is 5.10 Å². The van der Waals surface area contributed by atoms with Gasteiger partial charge in [0.1, 0.15) is 6.54 Å². The topological polar surface area (TPSA) is 58.4 Å². The van der Waals surface area contributed by atoms with Crippen molar-refractivity contribution in [1.29, 1.82) is 0 Å². The van der Waals surface area contributed by atoms with Gasteiger partial charge in [0.2, 0.25) is 11.8 Å². The smallest absolute Gasteiger partial charge is 0.244 e. The van der Waals surface area contributed by atoms with E-state index < -0.39 is 0 Å². The molecule has 1 aromatic heterocycles. The van der Waals surface area contributed by atoms with E-state index in [1.165, 1.54) is 0 Å². The summed E-state index contributed by atoms with van der Waals surface area (Å²) in [6, 6.07) is 11.8. The molecule has 0 unspecified atom stereocenters. The van der Waals surface area contributed by atoms with Crippen molar-refractivity contribution < 1.29 is 9.59 Å². The van der Waals surface area contributed by atoms with Crippen molar-refractivity contribution in [3.8, 4) is 0 Å². The van der Waals surface area contributed by atoms with Crippen LogP contribution >= 0.6 is 0 Å². The predicted molar refractivity (Wildman–Crippen MR) is 94.5 cm³/mol. The van der Waals surface area contributed by atoms with Crippen LogP contribution in [0.5, 0.6) is 0 Å². The van der Waals surface area contributed by atoms with Crippen LogP contribution in [0.4, 0.5) is 0 Å². The van der Waals surface area contributed by atoms with Gasteiger partial charge in [-0.25, -0.2) is 0 Å². The highest BCUT2D eigenvalue weighted by Crippen LogP contribution is 2.18. The van der Waals surface area contributed by atoms with Gasteiger partial charge >= 0.3 is 0 Å². The SMILES string of the molecule is CC[C@H]1CN(C(=O)Cn2cccn2)CCC(=O)N1Cc1ccccc1. The summed E-state index contributed by atoms with van der Waals surface area (Å²) in [5, 5.41) is 4.09. The molecule has 0 spiro atoms. The van der Waals surface area contributed by atoms with Crippen molar-refractivity contribution in [3.05, 3.63) is 54.4 Å². The molecule has 0 saturated carbocycles. The monoisotopic (exact) mass is 340 g/mol. The molecule has 0 radical (unpaired) electrons. The first-order valence-corrected chi connectivity index (χ1v) is 8.76. The van der Waals surface area contributed by atoms with Crippen LogP contribution in [0.3, 0.4) is 0 Å². The number of rotatable bonds is 5. The van der Waals surface area contributed by atoms with E-state index in [2.05, 4.69) is 12.0 Å². The summed E-state index contributed by atoms with van der Waals surface area (Å²) in [7, 11) is 0. The van der Waals surface area contributed by atoms with Crippen molar-refractivity contribution in [2.45, 2.75) is 38.9 Å². The molecule has 1 aliphatic heterocycles. The zero-order chi connectivity index (χ0) is 17.6. The minimum Gasteiger partial charge on any atom is -0.339 e. The van der Waals surface area contributed by atoms with Crippen LogP contribution in [0.15, 0.2) is 48.8 Å². The number of benzene rings is 1. The third kappa shape index (κ3) is 4.26. The van der Waals surface area contributed by atoms with E-state index in [9.17, 15) is 9.59 Å². The lowest BCUT2D eigenvalue weighted by atomic mass is 10.1. The van der Waals surface area contributed by atoms with Gasteiger partial charge in [-0.3, -0.25) is 14.3 Å². The number of hydrogen-bond donors (Lipinski definition) is 0. The normalized spacial score (nSPS) is 18.3. The molecule has 1 atom stereocenters. The summed E-state index contributed by atoms with van der Waals surface area (Å²) in [5.41, 5.74) is 1.12. The molecule has 0 N–H and O–H groups in total. The van der Waals surface area contributed by atoms with E-state index in [-0.39, 0.29) is 24.4 Å². The second-order valence-corrected chi connectivity index (χ2v) is 6.36. The van der Waals surface area contributed by atoms with Gasteiger partial charge in [-0.05, 0) is 18.1 Å². The lowest BCUT2D eigenvalue weighted by Gasteiger charge is -2.31. The molecule has 6 heteroatoms. The Bertz CT molecular complexity index is 699. The quantitative estimate of drug-likeness (QED) is 0.835. The maximum atomic E-state index is 12.6. The Morgan fingerprint density at radius 3 is 2.72 bits per heavy atom. The van der Waals surface area contributed by atoms with E-state index in [1.54, 1.807) is 28.0 Å². The van der Waals surface area contributed by atoms with Crippen molar-refractivity contribution in [3.63, 3.8) is 0 Å². The zero-order valence-corrected chi connectivity index (χ0v) is 14.5. The summed E-state index contributed by atoms with van der Waals surface area (Å²) in [6.07, 6.45) is 4.63. The van der Waals surface area contributed by atoms with Crippen LogP contribution in [0, 0.1) is 0 Å². The van der Waals surface area contributed by atoms with Crippen LogP contribution in [0.25, 0.3) is 0 Å². The summed E-state index contributed by atoms with van der Waals surface area (Å²) in [6.45, 7) is 3.93. The van der Waals surface area contributed by atoms with Gasteiger partial charge in [0.05, 0.1) is 0 Å². The number of hydrogen-bond acceptors (Lipinski definition) is 3. The molecule has 1 aliphatic rings. The number of amides is 2. The first-order valence-electron chi connectivity index (χ1n) is 8.76. The lowest BCUT2D eigenvalue weighted by Crippen LogP contribution is -2.44. The Labute approximate surface area is 148 Å². The van der Waals surface area contributed by atoms with Gasteiger partial charge in [0.15, 0.2) is 0 Å². The summed E-state index contributed by atoms with van der Waals surface area (Å²) >= 11 is 0. The number of carbonyl (C=O) groups is 2. The van der Waals surface area contributed by atoms with Gasteiger partial charge in [0.25, 0.3) is 0 Å². The molecule has 2 heterocycles. The molecular weight excluding hydrogens is 316 g/mol. The Morgan fingerprint density at radius 1 is 1.24 bits per heavy atom. The molecule has 25 heavy (non-hydrogen) atoms. The van der Waals surface area contributed by atoms with Crippen LogP contribution in [0.2, 0.25) is 0 Å². The van der Waals surface area contributed by atoms with Crippen molar-refractivity contribution in [2.75, 3.05) is 13.1 Å². The van der Waals surface area contributed by atoms with Crippen LogP contribution in [-0.2, 0) is 22.7 Å². The molecular formula is C19H24N4O2. The third-order valence-electron chi connectivity index (χ3n) is 4.66. The molecule has 6 nitrogen and oxygen atoms in total. The van der Waals surface area contributed by atoms with Crippen molar-refractivity contribution >= 4 is 11.8 Å². The van der Waals surface area contributed by atoms with Crippen LogP contribution < -0.4 is 0 Å². The van der Waals surface area contributed by atoms with Gasteiger partial charge in [-0.1, -0.05) is 37.3 Å². The summed E-state index contributed by atoms with van der Waals surface area (Å²) in [4.78, 5) is 29.0. The highest BCUT2D eigenvalue weighted by molar-refractivity contribution is 5.80. The van der Waals surface area contributed by atoms with E-state index in [4.69, 9.17) is 0 Å². The molecule has 1 saturated heterocycles. The first kappa shape index (κ1) is 17.2. The molecule has 1 aromatic carbocycles. The Morgan fingerprint density at radius 2 is 2.04 bits per heavy atom. The molecule has 1 fully saturated rings. The molecule has 0 bridgehead atoms. The molecule has 2 aromatic rings. The number of nitrogens with zero attached hydrogens (tertiary/aromatic N) is 4. The minimum absolute atomic E-state index is 0.0107. The number of carbonyl (C=O) groups excluding carboxylic acids is 2. The second-order valence-electron chi connectivity index (χ2n) is 6.36. The van der Waals surface area contributed by atoms with E-state index >= 15 is 0 Å². The lowest BCUT2D eigenvalue weighted by molar-refractivity contribution is -0.133.